The molecule has 31 heavy (non-hydrogen) atoms. The Morgan fingerprint density at radius 2 is 2.00 bits per heavy atom. The fraction of sp³-hybridized carbons (Fsp3) is 0.400. The molecule has 2 heterocycles. The predicted octanol–water partition coefficient (Wildman–Crippen LogP) is 4.09. The Morgan fingerprint density at radius 1 is 1.23 bits per heavy atom. The van der Waals surface area contributed by atoms with Crippen molar-refractivity contribution in [3.63, 3.8) is 0 Å². The van der Waals surface area contributed by atoms with Crippen LogP contribution in [0.5, 0.6) is 0 Å². The number of thioether (sulfide) groups is 1. The van der Waals surface area contributed by atoms with Gasteiger partial charge in [0.15, 0.2) is 0 Å². The second-order valence-corrected chi connectivity index (χ2v) is 9.57. The number of benzene rings is 1. The molecule has 1 atom stereocenters. The smallest absolute Gasteiger partial charge is 0.283 e. The molecule has 1 aromatic carbocycles. The van der Waals surface area contributed by atoms with Crippen molar-refractivity contribution in [1.82, 2.24) is 10.2 Å². The Morgan fingerprint density at radius 3 is 2.77 bits per heavy atom. The van der Waals surface area contributed by atoms with E-state index in [0.717, 1.165) is 30.2 Å². The molecule has 1 fully saturated rings. The van der Waals surface area contributed by atoms with Crippen molar-refractivity contribution >= 4 is 35.4 Å². The first-order chi connectivity index (χ1) is 15.1. The van der Waals surface area contributed by atoms with Gasteiger partial charge in [0.1, 0.15) is 0 Å². The maximum atomic E-state index is 12.4. The summed E-state index contributed by atoms with van der Waals surface area (Å²) in [4.78, 5) is 32.0. The first-order valence-corrected chi connectivity index (χ1v) is 11.9. The molecule has 5 nitrogen and oxygen atoms in total. The second kappa shape index (κ2) is 10.2. The van der Waals surface area contributed by atoms with Gasteiger partial charge in [0.2, 0.25) is 0 Å². The molecule has 0 saturated carbocycles. The van der Waals surface area contributed by atoms with Gasteiger partial charge in [0.05, 0.1) is 15.9 Å². The molecular weight excluding hydrogens is 406 g/mol. The van der Waals surface area contributed by atoms with Gasteiger partial charge in [-0.3, -0.25) is 9.59 Å². The van der Waals surface area contributed by atoms with Crippen molar-refractivity contribution in [3.8, 4) is 0 Å². The van der Waals surface area contributed by atoms with Gasteiger partial charge < -0.3 is 10.2 Å². The highest BCUT2D eigenvalue weighted by atomic mass is 32.2. The zero-order valence-corrected chi connectivity index (χ0v) is 18.7. The van der Waals surface area contributed by atoms with E-state index >= 15 is 0 Å². The number of carbonyl (C=O) groups is 2. The number of nitrogens with zero attached hydrogens (tertiary/aromatic N) is 2. The number of nitrogens with one attached hydrogen (secondary N) is 1. The summed E-state index contributed by atoms with van der Waals surface area (Å²) in [5.74, 6) is 0.583. The van der Waals surface area contributed by atoms with E-state index in [4.69, 9.17) is 0 Å². The largest absolute Gasteiger partial charge is 0.352 e. The van der Waals surface area contributed by atoms with Crippen LogP contribution in [0.4, 0.5) is 0 Å². The molecular formula is C25H29N3O2S. The molecule has 1 aromatic rings. The molecule has 162 valence electrons. The number of hydrogen-bond acceptors (Lipinski definition) is 4. The maximum Gasteiger partial charge on any atom is 0.283 e. The Labute approximate surface area is 188 Å². The minimum atomic E-state index is -0.207. The van der Waals surface area contributed by atoms with Gasteiger partial charge in [-0.05, 0) is 74.7 Å². The number of likely N-dealkylation sites (tertiary alicyclic amines) is 1. The van der Waals surface area contributed by atoms with E-state index < -0.39 is 0 Å². The quantitative estimate of drug-likeness (QED) is 0.540. The molecule has 2 aliphatic heterocycles. The lowest BCUT2D eigenvalue weighted by atomic mass is 9.99. The number of allylic oxidation sites excluding steroid dienone is 3. The lowest BCUT2D eigenvalue weighted by molar-refractivity contribution is -0.113. The number of piperidine rings is 1. The van der Waals surface area contributed by atoms with Crippen LogP contribution in [0.25, 0.3) is 6.08 Å². The molecule has 0 spiro atoms. The highest BCUT2D eigenvalue weighted by Gasteiger charge is 2.25. The Kier molecular flexibility index (Phi) is 7.20. The van der Waals surface area contributed by atoms with Crippen molar-refractivity contribution in [1.29, 1.82) is 0 Å². The minimum Gasteiger partial charge on any atom is -0.352 e. The average molecular weight is 436 g/mol. The van der Waals surface area contributed by atoms with Gasteiger partial charge in [-0.15, -0.1) is 11.8 Å². The summed E-state index contributed by atoms with van der Waals surface area (Å²) in [7, 11) is 0. The van der Waals surface area contributed by atoms with E-state index in [2.05, 4.69) is 22.1 Å². The molecule has 1 aliphatic carbocycles. The molecule has 0 radical (unpaired) electrons. The molecule has 4 rings (SSSR count). The van der Waals surface area contributed by atoms with Crippen LogP contribution in [0.15, 0.2) is 58.5 Å². The predicted molar refractivity (Wildman–Crippen MR) is 128 cm³/mol. The summed E-state index contributed by atoms with van der Waals surface area (Å²) in [6.45, 7) is 6.40. The summed E-state index contributed by atoms with van der Waals surface area (Å²) in [5.41, 5.74) is 2.33. The number of hydrogen-bond donors (Lipinski definition) is 1. The highest BCUT2D eigenvalue weighted by Crippen LogP contribution is 2.32. The normalized spacial score (nSPS) is 23.0. The van der Waals surface area contributed by atoms with Crippen molar-refractivity contribution in [2.75, 3.05) is 26.2 Å². The van der Waals surface area contributed by atoms with Crippen molar-refractivity contribution in [2.24, 2.45) is 10.9 Å². The van der Waals surface area contributed by atoms with Crippen LogP contribution in [0.2, 0.25) is 0 Å². The summed E-state index contributed by atoms with van der Waals surface area (Å²) >= 11 is 1.51. The average Bonchev–Trinajstić information content (AvgIpc) is 2.79. The molecule has 1 saturated heterocycles. The van der Waals surface area contributed by atoms with Crippen LogP contribution < -0.4 is 5.32 Å². The molecule has 6 heteroatoms. The monoisotopic (exact) mass is 435 g/mol. The van der Waals surface area contributed by atoms with E-state index in [1.165, 1.54) is 37.7 Å². The van der Waals surface area contributed by atoms with E-state index in [1.54, 1.807) is 0 Å². The standard InChI is InChI=1S/C25H29N3O2S/c1-18-11-15-28(16-12-18)14-4-13-26-24(29)20-9-7-19(8-10-20)17-23-25(30)27-21-5-2-3-6-22(21)31-23/h2-3,5-10,17-18,22H,4,11-16H2,1H3,(H,26,29)/b23-17+. The zero-order chi connectivity index (χ0) is 21.6. The van der Waals surface area contributed by atoms with Gasteiger partial charge in [-0.25, -0.2) is 4.99 Å². The molecule has 1 N–H and O–H groups in total. The van der Waals surface area contributed by atoms with E-state index in [-0.39, 0.29) is 17.1 Å². The third-order valence-electron chi connectivity index (χ3n) is 5.93. The van der Waals surface area contributed by atoms with Gasteiger partial charge >= 0.3 is 0 Å². The van der Waals surface area contributed by atoms with Crippen LogP contribution in [-0.4, -0.2) is 53.9 Å². The topological polar surface area (TPSA) is 61.8 Å². The van der Waals surface area contributed by atoms with E-state index in [1.807, 2.05) is 54.6 Å². The van der Waals surface area contributed by atoms with Crippen LogP contribution in [0, 0.1) is 5.92 Å². The van der Waals surface area contributed by atoms with Crippen molar-refractivity contribution < 1.29 is 9.59 Å². The van der Waals surface area contributed by atoms with Crippen LogP contribution in [0.1, 0.15) is 42.1 Å². The van der Waals surface area contributed by atoms with E-state index in [0.29, 0.717) is 17.0 Å². The van der Waals surface area contributed by atoms with Crippen molar-refractivity contribution in [2.45, 2.75) is 31.4 Å². The number of rotatable bonds is 6. The van der Waals surface area contributed by atoms with E-state index in [9.17, 15) is 9.59 Å². The number of fused-ring (bicyclic) bond motifs is 1. The lowest BCUT2D eigenvalue weighted by Gasteiger charge is -2.30. The van der Waals surface area contributed by atoms with Crippen LogP contribution in [-0.2, 0) is 4.79 Å². The number of carbonyl (C=O) groups excluding carboxylic acids is 2. The van der Waals surface area contributed by atoms with Crippen LogP contribution in [0.3, 0.4) is 0 Å². The highest BCUT2D eigenvalue weighted by molar-refractivity contribution is 8.05. The summed E-state index contributed by atoms with van der Waals surface area (Å²) in [6.07, 6.45) is 13.2. The fourth-order valence-corrected chi connectivity index (χ4v) is 4.99. The summed E-state index contributed by atoms with van der Waals surface area (Å²) in [6, 6.07) is 7.37. The van der Waals surface area contributed by atoms with Gasteiger partial charge in [0.25, 0.3) is 11.8 Å². The molecule has 1 unspecified atom stereocenters. The molecule has 3 aliphatic rings. The maximum absolute atomic E-state index is 12.4. The third kappa shape index (κ3) is 5.83. The van der Waals surface area contributed by atoms with Gasteiger partial charge in [0, 0.05) is 12.1 Å². The first kappa shape index (κ1) is 21.8. The molecule has 2 amide bonds. The second-order valence-electron chi connectivity index (χ2n) is 8.39. The fourth-order valence-electron chi connectivity index (χ4n) is 3.94. The Hall–Kier alpha value is -2.44. The summed E-state index contributed by atoms with van der Waals surface area (Å²) in [5, 5.41) is 3.11. The minimum absolute atomic E-state index is 0.0528. The number of amides is 2. The molecule has 0 bridgehead atoms. The van der Waals surface area contributed by atoms with Gasteiger partial charge in [-0.1, -0.05) is 37.3 Å². The molecule has 0 aromatic heterocycles. The van der Waals surface area contributed by atoms with Gasteiger partial charge in [-0.2, -0.15) is 0 Å². The third-order valence-corrected chi connectivity index (χ3v) is 7.13. The SMILES string of the molecule is CC1CCN(CCCNC(=O)c2ccc(/C=C3/SC4C=CC=CC4=NC3=O)cc2)CC1. The first-order valence-electron chi connectivity index (χ1n) is 11.1. The summed E-state index contributed by atoms with van der Waals surface area (Å²) < 4.78 is 0. The van der Waals surface area contributed by atoms with Crippen molar-refractivity contribution in [3.05, 3.63) is 64.6 Å². The lowest BCUT2D eigenvalue weighted by Crippen LogP contribution is -2.35. The Bertz CT molecular complexity index is 938. The zero-order valence-electron chi connectivity index (χ0n) is 17.9. The van der Waals surface area contributed by atoms with Crippen LogP contribution >= 0.6 is 11.8 Å². The Balaban J connectivity index is 1.27. The number of aliphatic imine (C=N–C) groups is 1.